The molecule has 2 atom stereocenters. The number of rotatable bonds is 5. The van der Waals surface area contributed by atoms with E-state index in [-0.39, 0.29) is 12.1 Å². The molecule has 0 saturated heterocycles. The Balaban J connectivity index is 2.46. The molecule has 0 amide bonds. The fourth-order valence-electron chi connectivity index (χ4n) is 2.63. The third-order valence-electron chi connectivity index (χ3n) is 3.76. The summed E-state index contributed by atoms with van der Waals surface area (Å²) in [4.78, 5) is 0. The molecule has 2 nitrogen and oxygen atoms in total. The Morgan fingerprint density at radius 1 is 1.19 bits per heavy atom. The molecule has 2 rings (SSSR count). The van der Waals surface area contributed by atoms with Crippen LogP contribution in [0.2, 0.25) is 5.02 Å². The molecular weight excluding hydrogens is 289 g/mol. The van der Waals surface area contributed by atoms with Gasteiger partial charge in [0.1, 0.15) is 5.82 Å². The number of halogens is 2. The average molecular weight is 308 g/mol. The smallest absolute Gasteiger partial charge is 0.128 e. The van der Waals surface area contributed by atoms with E-state index in [0.717, 1.165) is 17.5 Å². The molecule has 2 aromatic carbocycles. The number of aliphatic hydroxyl groups excluding tert-OH is 1. The van der Waals surface area contributed by atoms with Crippen LogP contribution in [0.1, 0.15) is 35.6 Å². The Labute approximate surface area is 129 Å². The first-order valence-electron chi connectivity index (χ1n) is 7.00. The van der Waals surface area contributed by atoms with Gasteiger partial charge in [0, 0.05) is 23.0 Å². The van der Waals surface area contributed by atoms with Gasteiger partial charge in [-0.15, -0.1) is 0 Å². The normalized spacial score (nSPS) is 14.0. The first-order chi connectivity index (χ1) is 10.1. The number of nitrogens with two attached hydrogens (primary N) is 1. The van der Waals surface area contributed by atoms with Crippen LogP contribution in [-0.2, 0) is 6.42 Å². The summed E-state index contributed by atoms with van der Waals surface area (Å²) in [7, 11) is 0. The Morgan fingerprint density at radius 3 is 2.52 bits per heavy atom. The molecule has 2 unspecified atom stereocenters. The number of benzene rings is 2. The van der Waals surface area contributed by atoms with Crippen molar-refractivity contribution in [3.8, 4) is 0 Å². The summed E-state index contributed by atoms with van der Waals surface area (Å²) >= 11 is 6.10. The summed E-state index contributed by atoms with van der Waals surface area (Å²) < 4.78 is 14.1. The Morgan fingerprint density at radius 2 is 1.90 bits per heavy atom. The fraction of sp³-hybridized carbons (Fsp3) is 0.294. The van der Waals surface area contributed by atoms with Gasteiger partial charge in [0.05, 0.1) is 6.10 Å². The second-order valence-corrected chi connectivity index (χ2v) is 5.38. The van der Waals surface area contributed by atoms with Crippen molar-refractivity contribution in [2.75, 3.05) is 6.54 Å². The van der Waals surface area contributed by atoms with Crippen LogP contribution in [0.25, 0.3) is 0 Å². The minimum atomic E-state index is -0.888. The van der Waals surface area contributed by atoms with Crippen molar-refractivity contribution in [2.45, 2.75) is 25.4 Å². The first kappa shape index (κ1) is 16.0. The minimum Gasteiger partial charge on any atom is -0.388 e. The second-order valence-electron chi connectivity index (χ2n) is 4.97. The van der Waals surface area contributed by atoms with E-state index in [9.17, 15) is 9.50 Å². The number of aliphatic hydroxyl groups is 1. The van der Waals surface area contributed by atoms with Gasteiger partial charge in [0.25, 0.3) is 0 Å². The SMILES string of the molecule is CCc1ccccc1C(O)C(CN)c1c(F)cccc1Cl. The highest BCUT2D eigenvalue weighted by Crippen LogP contribution is 2.36. The molecule has 21 heavy (non-hydrogen) atoms. The van der Waals surface area contributed by atoms with E-state index in [4.69, 9.17) is 17.3 Å². The third kappa shape index (κ3) is 3.26. The predicted octanol–water partition coefficient (Wildman–Crippen LogP) is 3.82. The molecule has 0 aliphatic carbocycles. The van der Waals surface area contributed by atoms with Crippen molar-refractivity contribution in [1.82, 2.24) is 0 Å². The molecule has 3 N–H and O–H groups in total. The van der Waals surface area contributed by atoms with E-state index in [1.807, 2.05) is 31.2 Å². The van der Waals surface area contributed by atoms with E-state index >= 15 is 0 Å². The van der Waals surface area contributed by atoms with Crippen molar-refractivity contribution in [1.29, 1.82) is 0 Å². The van der Waals surface area contributed by atoms with Gasteiger partial charge in [0.15, 0.2) is 0 Å². The van der Waals surface area contributed by atoms with Gasteiger partial charge in [0.2, 0.25) is 0 Å². The summed E-state index contributed by atoms with van der Waals surface area (Å²) in [6, 6.07) is 12.1. The largest absolute Gasteiger partial charge is 0.388 e. The molecule has 4 heteroatoms. The summed E-state index contributed by atoms with van der Waals surface area (Å²) in [5, 5.41) is 11.0. The highest BCUT2D eigenvalue weighted by Gasteiger charge is 2.27. The summed E-state index contributed by atoms with van der Waals surface area (Å²) in [6.07, 6.45) is -0.101. The number of hydrogen-bond acceptors (Lipinski definition) is 2. The molecule has 0 heterocycles. The van der Waals surface area contributed by atoms with Crippen LogP contribution in [0, 0.1) is 5.82 Å². The highest BCUT2D eigenvalue weighted by molar-refractivity contribution is 6.31. The molecule has 0 fully saturated rings. The fourth-order valence-corrected chi connectivity index (χ4v) is 2.93. The van der Waals surface area contributed by atoms with Crippen molar-refractivity contribution in [3.05, 3.63) is 70.0 Å². The summed E-state index contributed by atoms with van der Waals surface area (Å²) in [6.45, 7) is 2.12. The zero-order chi connectivity index (χ0) is 15.4. The van der Waals surface area contributed by atoms with Crippen molar-refractivity contribution >= 4 is 11.6 Å². The molecule has 112 valence electrons. The van der Waals surface area contributed by atoms with Crippen LogP contribution in [0.4, 0.5) is 4.39 Å². The van der Waals surface area contributed by atoms with E-state index in [1.165, 1.54) is 6.07 Å². The molecule has 0 aliphatic rings. The minimum absolute atomic E-state index is 0.111. The van der Waals surface area contributed by atoms with Crippen LogP contribution in [0.5, 0.6) is 0 Å². The van der Waals surface area contributed by atoms with Gasteiger partial charge in [-0.25, -0.2) is 4.39 Å². The van der Waals surface area contributed by atoms with Crippen LogP contribution >= 0.6 is 11.6 Å². The van der Waals surface area contributed by atoms with Crippen molar-refractivity contribution in [3.63, 3.8) is 0 Å². The number of aryl methyl sites for hydroxylation is 1. The lowest BCUT2D eigenvalue weighted by atomic mass is 9.86. The van der Waals surface area contributed by atoms with Crippen molar-refractivity contribution in [2.24, 2.45) is 5.73 Å². The monoisotopic (exact) mass is 307 g/mol. The predicted molar refractivity (Wildman–Crippen MR) is 84.0 cm³/mol. The molecule has 0 radical (unpaired) electrons. The van der Waals surface area contributed by atoms with Gasteiger partial charge in [-0.3, -0.25) is 0 Å². The zero-order valence-electron chi connectivity index (χ0n) is 11.9. The lowest BCUT2D eigenvalue weighted by Crippen LogP contribution is -2.22. The lowest BCUT2D eigenvalue weighted by Gasteiger charge is -2.25. The molecule has 0 aromatic heterocycles. The van der Waals surface area contributed by atoms with E-state index < -0.39 is 17.8 Å². The third-order valence-corrected chi connectivity index (χ3v) is 4.09. The van der Waals surface area contributed by atoms with Crippen LogP contribution in [0.15, 0.2) is 42.5 Å². The maximum atomic E-state index is 14.1. The van der Waals surface area contributed by atoms with Crippen LogP contribution < -0.4 is 5.73 Å². The van der Waals surface area contributed by atoms with E-state index in [2.05, 4.69) is 0 Å². The molecule has 0 aliphatic heterocycles. The first-order valence-corrected chi connectivity index (χ1v) is 7.37. The topological polar surface area (TPSA) is 46.2 Å². The summed E-state index contributed by atoms with van der Waals surface area (Å²) in [5.74, 6) is -1.02. The van der Waals surface area contributed by atoms with Gasteiger partial charge in [-0.05, 0) is 29.7 Å². The Hall–Kier alpha value is -1.42. The van der Waals surface area contributed by atoms with Crippen LogP contribution in [-0.4, -0.2) is 11.7 Å². The Kier molecular flexibility index (Phi) is 5.34. The van der Waals surface area contributed by atoms with Gasteiger partial charge < -0.3 is 10.8 Å². The van der Waals surface area contributed by atoms with E-state index in [0.29, 0.717) is 5.02 Å². The lowest BCUT2D eigenvalue weighted by molar-refractivity contribution is 0.145. The van der Waals surface area contributed by atoms with Gasteiger partial charge >= 0.3 is 0 Å². The maximum Gasteiger partial charge on any atom is 0.128 e. The molecule has 2 aromatic rings. The second kappa shape index (κ2) is 7.03. The van der Waals surface area contributed by atoms with Gasteiger partial charge in [-0.2, -0.15) is 0 Å². The molecule has 0 spiro atoms. The average Bonchev–Trinajstić information content (AvgIpc) is 2.50. The summed E-state index contributed by atoms with van der Waals surface area (Å²) in [5.41, 5.74) is 7.86. The molecule has 0 bridgehead atoms. The molecular formula is C17H19ClFNO. The standard InChI is InChI=1S/C17H19ClFNO/c1-2-11-6-3-4-7-12(11)17(21)13(10-20)16-14(18)8-5-9-15(16)19/h3-9,13,17,21H,2,10,20H2,1H3. The van der Waals surface area contributed by atoms with E-state index in [1.54, 1.807) is 12.1 Å². The van der Waals surface area contributed by atoms with Crippen LogP contribution in [0.3, 0.4) is 0 Å². The van der Waals surface area contributed by atoms with Crippen molar-refractivity contribution < 1.29 is 9.50 Å². The Bertz CT molecular complexity index is 597. The van der Waals surface area contributed by atoms with Gasteiger partial charge in [-0.1, -0.05) is 48.9 Å². The molecule has 0 saturated carbocycles. The highest BCUT2D eigenvalue weighted by atomic mass is 35.5. The zero-order valence-corrected chi connectivity index (χ0v) is 12.6. The quantitative estimate of drug-likeness (QED) is 0.882. The number of hydrogen-bond donors (Lipinski definition) is 2. The maximum absolute atomic E-state index is 14.1.